The van der Waals surface area contributed by atoms with Crippen LogP contribution in [0.5, 0.6) is 0 Å². The van der Waals surface area contributed by atoms with Crippen molar-refractivity contribution >= 4 is 11.8 Å². The van der Waals surface area contributed by atoms with Gasteiger partial charge in [-0.2, -0.15) is 0 Å². The minimum atomic E-state index is -0.218. The van der Waals surface area contributed by atoms with Crippen LogP contribution in [0.4, 0.5) is 0 Å². The van der Waals surface area contributed by atoms with Gasteiger partial charge >= 0.3 is 0 Å². The average Bonchev–Trinajstić information content (AvgIpc) is 2.57. The lowest BCUT2D eigenvalue weighted by Gasteiger charge is -2.44. The summed E-state index contributed by atoms with van der Waals surface area (Å²) >= 11 is 0. The van der Waals surface area contributed by atoms with E-state index in [2.05, 4.69) is 20.4 Å². The molecule has 3 rings (SSSR count). The molecule has 2 N–H and O–H groups in total. The smallest absolute Gasteiger partial charge is 0.244 e. The largest absolute Gasteiger partial charge is 0.314 e. The first-order valence-corrected chi connectivity index (χ1v) is 6.26. The lowest BCUT2D eigenvalue weighted by Crippen LogP contribution is -2.62. The fraction of sp³-hybridized carbons (Fsp3) is 0.818. The molecule has 1 unspecified atom stereocenters. The predicted molar refractivity (Wildman–Crippen MR) is 61.4 cm³/mol. The third kappa shape index (κ3) is 2.08. The van der Waals surface area contributed by atoms with Crippen molar-refractivity contribution in [3.8, 4) is 0 Å². The summed E-state index contributed by atoms with van der Waals surface area (Å²) in [5.74, 6) is -0.251. The van der Waals surface area contributed by atoms with Gasteiger partial charge in [-0.25, -0.2) is 0 Å². The zero-order valence-corrected chi connectivity index (χ0v) is 9.82. The van der Waals surface area contributed by atoms with Crippen LogP contribution in [0.25, 0.3) is 0 Å². The zero-order valence-electron chi connectivity index (χ0n) is 9.82. The summed E-state index contributed by atoms with van der Waals surface area (Å²) in [5, 5.41) is 5.65. The van der Waals surface area contributed by atoms with Crippen LogP contribution in [0, 0.1) is 0 Å². The summed E-state index contributed by atoms with van der Waals surface area (Å²) in [5.41, 5.74) is 0. The van der Waals surface area contributed by atoms with Crippen molar-refractivity contribution in [2.45, 2.75) is 18.5 Å². The first-order valence-electron chi connectivity index (χ1n) is 6.26. The molecule has 3 fully saturated rings. The monoisotopic (exact) mass is 238 g/mol. The van der Waals surface area contributed by atoms with Crippen molar-refractivity contribution in [1.29, 1.82) is 0 Å². The minimum absolute atomic E-state index is 0.117. The molecule has 3 aliphatic rings. The number of hydrogen-bond acceptors (Lipinski definition) is 5. The fourth-order valence-electron chi connectivity index (χ4n) is 2.78. The second-order valence-corrected chi connectivity index (χ2v) is 5.02. The van der Waals surface area contributed by atoms with Crippen LogP contribution in [0.15, 0.2) is 0 Å². The maximum Gasteiger partial charge on any atom is 0.244 e. The van der Waals surface area contributed by atoms with Gasteiger partial charge < -0.3 is 5.32 Å². The molecule has 6 nitrogen and oxygen atoms in total. The van der Waals surface area contributed by atoms with Gasteiger partial charge in [0.1, 0.15) is 0 Å². The summed E-state index contributed by atoms with van der Waals surface area (Å²) < 4.78 is 0. The summed E-state index contributed by atoms with van der Waals surface area (Å²) in [4.78, 5) is 27.3. The Hall–Kier alpha value is -0.980. The average molecular weight is 238 g/mol. The first-order chi connectivity index (χ1) is 8.24. The molecule has 0 radical (unpaired) electrons. The van der Waals surface area contributed by atoms with Crippen molar-refractivity contribution in [2.24, 2.45) is 0 Å². The molecule has 0 aliphatic carbocycles. The number of carbonyl (C=O) groups is 2. The maximum atomic E-state index is 11.6. The number of nitrogens with one attached hydrogen (secondary N) is 2. The molecule has 0 aromatic rings. The van der Waals surface area contributed by atoms with Gasteiger partial charge in [0.05, 0.1) is 12.5 Å². The Kier molecular flexibility index (Phi) is 2.85. The summed E-state index contributed by atoms with van der Waals surface area (Å²) in [6, 6.07) is 0.459. The Balaban J connectivity index is 1.54. The van der Waals surface area contributed by atoms with Crippen molar-refractivity contribution in [1.82, 2.24) is 20.4 Å². The van der Waals surface area contributed by atoms with E-state index in [0.29, 0.717) is 12.5 Å². The quantitative estimate of drug-likeness (QED) is 0.544. The number of amides is 2. The predicted octanol–water partition coefficient (Wildman–Crippen LogP) is -2.01. The lowest BCUT2D eigenvalue weighted by atomic mass is 10.1. The molecule has 6 heteroatoms. The zero-order chi connectivity index (χ0) is 11.8. The highest BCUT2D eigenvalue weighted by molar-refractivity contribution is 6.05. The molecule has 1 atom stereocenters. The molecule has 94 valence electrons. The van der Waals surface area contributed by atoms with E-state index in [4.69, 9.17) is 0 Å². The Morgan fingerprint density at radius 2 is 1.65 bits per heavy atom. The highest BCUT2D eigenvalue weighted by atomic mass is 16.2. The third-order valence-corrected chi connectivity index (χ3v) is 4.01. The standard InChI is InChI=1S/C11H18N4O2/c16-10-5-9(11(17)13-10)15-3-1-14(2-4-15)8-6-12-7-8/h8-9,12H,1-7H2,(H,13,16,17). The summed E-state index contributed by atoms with van der Waals surface area (Å²) in [7, 11) is 0. The Morgan fingerprint density at radius 1 is 1.00 bits per heavy atom. The normalized spacial score (nSPS) is 32.6. The van der Waals surface area contributed by atoms with E-state index < -0.39 is 0 Å². The molecule has 3 aliphatic heterocycles. The van der Waals surface area contributed by atoms with E-state index in [9.17, 15) is 9.59 Å². The van der Waals surface area contributed by atoms with Gasteiger partial charge in [-0.1, -0.05) is 0 Å². The molecule has 0 aromatic carbocycles. The van der Waals surface area contributed by atoms with Gasteiger partial charge in [0.2, 0.25) is 11.8 Å². The maximum absolute atomic E-state index is 11.6. The van der Waals surface area contributed by atoms with Crippen molar-refractivity contribution in [3.63, 3.8) is 0 Å². The van der Waals surface area contributed by atoms with Gasteiger partial charge in [-0.3, -0.25) is 24.7 Å². The van der Waals surface area contributed by atoms with E-state index in [1.807, 2.05) is 0 Å². The highest BCUT2D eigenvalue weighted by Crippen LogP contribution is 2.16. The van der Waals surface area contributed by atoms with Crippen LogP contribution >= 0.6 is 0 Å². The van der Waals surface area contributed by atoms with E-state index in [-0.39, 0.29) is 17.9 Å². The van der Waals surface area contributed by atoms with E-state index in [0.717, 1.165) is 39.3 Å². The Bertz CT molecular complexity index is 334. The van der Waals surface area contributed by atoms with Gasteiger partial charge in [-0.05, 0) is 0 Å². The van der Waals surface area contributed by atoms with Gasteiger partial charge in [0.15, 0.2) is 0 Å². The topological polar surface area (TPSA) is 64.7 Å². The second kappa shape index (κ2) is 4.36. The minimum Gasteiger partial charge on any atom is -0.314 e. The molecule has 3 heterocycles. The molecule has 3 saturated heterocycles. The molecular weight excluding hydrogens is 220 g/mol. The van der Waals surface area contributed by atoms with Crippen molar-refractivity contribution in [2.75, 3.05) is 39.3 Å². The fourth-order valence-corrected chi connectivity index (χ4v) is 2.78. The van der Waals surface area contributed by atoms with Gasteiger partial charge in [0.25, 0.3) is 0 Å². The van der Waals surface area contributed by atoms with Crippen molar-refractivity contribution in [3.05, 3.63) is 0 Å². The first kappa shape index (κ1) is 11.1. The number of imide groups is 1. The van der Waals surface area contributed by atoms with E-state index in [1.54, 1.807) is 0 Å². The molecule has 17 heavy (non-hydrogen) atoms. The van der Waals surface area contributed by atoms with Gasteiger partial charge in [-0.15, -0.1) is 0 Å². The van der Waals surface area contributed by atoms with Crippen LogP contribution in [0.2, 0.25) is 0 Å². The van der Waals surface area contributed by atoms with Crippen LogP contribution in [0.1, 0.15) is 6.42 Å². The summed E-state index contributed by atoms with van der Waals surface area (Å²) in [6.45, 7) is 5.96. The summed E-state index contributed by atoms with van der Waals surface area (Å²) in [6.07, 6.45) is 0.337. The van der Waals surface area contributed by atoms with Crippen LogP contribution in [-0.4, -0.2) is 73.0 Å². The molecular formula is C11H18N4O2. The van der Waals surface area contributed by atoms with E-state index in [1.165, 1.54) is 0 Å². The number of piperazine rings is 1. The molecule has 0 spiro atoms. The van der Waals surface area contributed by atoms with Crippen molar-refractivity contribution < 1.29 is 9.59 Å². The SMILES string of the molecule is O=C1CC(N2CCN(C3CNC3)CC2)C(=O)N1. The molecule has 0 saturated carbocycles. The Labute approximate surface area is 100 Å². The van der Waals surface area contributed by atoms with Crippen LogP contribution in [-0.2, 0) is 9.59 Å². The van der Waals surface area contributed by atoms with Gasteiger partial charge in [0, 0.05) is 45.3 Å². The number of hydrogen-bond donors (Lipinski definition) is 2. The molecule has 0 bridgehead atoms. The molecule has 0 aromatic heterocycles. The third-order valence-electron chi connectivity index (χ3n) is 4.01. The Morgan fingerprint density at radius 3 is 2.12 bits per heavy atom. The van der Waals surface area contributed by atoms with E-state index >= 15 is 0 Å². The number of rotatable bonds is 2. The highest BCUT2D eigenvalue weighted by Gasteiger charge is 2.37. The van der Waals surface area contributed by atoms with Crippen LogP contribution in [0.3, 0.4) is 0 Å². The lowest BCUT2D eigenvalue weighted by molar-refractivity contribution is -0.126. The van der Waals surface area contributed by atoms with Crippen LogP contribution < -0.4 is 10.6 Å². The number of nitrogens with zero attached hydrogens (tertiary/aromatic N) is 2. The molecule has 2 amide bonds. The second-order valence-electron chi connectivity index (χ2n) is 5.02. The number of carbonyl (C=O) groups excluding carboxylic acids is 2.